The van der Waals surface area contributed by atoms with Crippen LogP contribution in [-0.2, 0) is 17.8 Å². The molecule has 4 rings (SSSR count). The van der Waals surface area contributed by atoms with Gasteiger partial charge in [-0.3, -0.25) is 9.59 Å². The zero-order valence-electron chi connectivity index (χ0n) is 15.3. The number of carbonyl (C=O) groups excluding carboxylic acids is 1. The molecule has 0 fully saturated rings. The van der Waals surface area contributed by atoms with Crippen LogP contribution in [0, 0.1) is 5.82 Å². The molecule has 2 heterocycles. The lowest BCUT2D eigenvalue weighted by molar-refractivity contribution is -0.118. The predicted octanol–water partition coefficient (Wildman–Crippen LogP) is 3.03. The van der Waals surface area contributed by atoms with E-state index in [9.17, 15) is 14.0 Å². The maximum absolute atomic E-state index is 13.9. The summed E-state index contributed by atoms with van der Waals surface area (Å²) in [6.07, 6.45) is 2.16. The summed E-state index contributed by atoms with van der Waals surface area (Å²) < 4.78 is 15.6. The van der Waals surface area contributed by atoms with E-state index in [1.54, 1.807) is 52.5 Å². The summed E-state index contributed by atoms with van der Waals surface area (Å²) in [5.41, 5.74) is 0.894. The highest BCUT2D eigenvalue weighted by Gasteiger charge is 2.08. The number of carbonyl (C=O) groups is 1. The van der Waals surface area contributed by atoms with E-state index in [0.717, 1.165) is 0 Å². The van der Waals surface area contributed by atoms with Gasteiger partial charge in [0.05, 0.1) is 17.4 Å². The minimum absolute atomic E-state index is 0.110. The number of nitrogens with zero attached hydrogens (tertiary/aromatic N) is 3. The fourth-order valence-corrected chi connectivity index (χ4v) is 3.70. The van der Waals surface area contributed by atoms with Crippen LogP contribution in [0.15, 0.2) is 69.9 Å². The largest absolute Gasteiger partial charge is 0.319 e. The van der Waals surface area contributed by atoms with Crippen molar-refractivity contribution in [2.75, 3.05) is 0 Å². The Morgan fingerprint density at radius 3 is 2.83 bits per heavy atom. The quantitative estimate of drug-likeness (QED) is 0.551. The molecular formula is C21H17FN4O2S. The van der Waals surface area contributed by atoms with Crippen LogP contribution in [-0.4, -0.2) is 20.4 Å². The third-order valence-electron chi connectivity index (χ3n) is 4.42. The molecule has 0 aliphatic heterocycles. The van der Waals surface area contributed by atoms with Gasteiger partial charge in [-0.1, -0.05) is 30.3 Å². The number of halogens is 1. The first-order chi connectivity index (χ1) is 14.1. The van der Waals surface area contributed by atoms with Crippen LogP contribution in [0.25, 0.3) is 10.9 Å². The van der Waals surface area contributed by atoms with Gasteiger partial charge in [-0.25, -0.2) is 9.37 Å². The molecule has 0 saturated carbocycles. The zero-order chi connectivity index (χ0) is 20.2. The van der Waals surface area contributed by atoms with Crippen molar-refractivity contribution >= 4 is 28.1 Å². The first-order valence-corrected chi connectivity index (χ1v) is 9.91. The van der Waals surface area contributed by atoms with Gasteiger partial charge < -0.3 is 9.55 Å². The predicted molar refractivity (Wildman–Crippen MR) is 109 cm³/mol. The van der Waals surface area contributed by atoms with Crippen molar-refractivity contribution in [2.24, 2.45) is 4.99 Å². The molecule has 1 N–H and O–H groups in total. The molecule has 2 aromatic carbocycles. The van der Waals surface area contributed by atoms with Gasteiger partial charge in [-0.15, -0.1) is 11.3 Å². The van der Waals surface area contributed by atoms with E-state index in [4.69, 9.17) is 0 Å². The van der Waals surface area contributed by atoms with Crippen LogP contribution in [0.2, 0.25) is 0 Å². The number of nitrogens with one attached hydrogen (secondary N) is 1. The fourth-order valence-electron chi connectivity index (χ4n) is 2.96. The SMILES string of the molecule is O=C(CCc1nc2ccccc2c(=O)[nH]1)N=c1sccn1Cc1ccccc1F. The fraction of sp³-hybridized carbons (Fsp3) is 0.143. The van der Waals surface area contributed by atoms with E-state index in [0.29, 0.717) is 33.6 Å². The summed E-state index contributed by atoms with van der Waals surface area (Å²) in [4.78, 5) is 36.2. The standard InChI is InChI=1S/C21H17FN4O2S/c22-16-7-3-1-5-14(16)13-26-11-12-29-21(26)25-19(27)10-9-18-23-17-8-4-2-6-15(17)20(28)24-18/h1-8,11-12H,9-10,13H2,(H,23,24,28). The van der Waals surface area contributed by atoms with Crippen molar-refractivity contribution in [3.8, 4) is 0 Å². The second kappa shape index (κ2) is 8.32. The van der Waals surface area contributed by atoms with Crippen molar-refractivity contribution in [3.05, 3.63) is 92.5 Å². The second-order valence-electron chi connectivity index (χ2n) is 6.44. The van der Waals surface area contributed by atoms with Gasteiger partial charge >= 0.3 is 0 Å². The molecule has 8 heteroatoms. The van der Waals surface area contributed by atoms with Gasteiger partial charge in [-0.05, 0) is 18.2 Å². The van der Waals surface area contributed by atoms with Gasteiger partial charge in [0.15, 0.2) is 4.80 Å². The number of rotatable bonds is 5. The molecule has 146 valence electrons. The Bertz CT molecular complexity index is 1310. The Morgan fingerprint density at radius 2 is 1.97 bits per heavy atom. The highest BCUT2D eigenvalue weighted by Crippen LogP contribution is 2.09. The van der Waals surface area contributed by atoms with E-state index in [1.807, 2.05) is 6.07 Å². The van der Waals surface area contributed by atoms with Gasteiger partial charge in [0.25, 0.3) is 5.56 Å². The van der Waals surface area contributed by atoms with E-state index in [-0.39, 0.29) is 30.1 Å². The van der Waals surface area contributed by atoms with Crippen LogP contribution in [0.3, 0.4) is 0 Å². The molecule has 29 heavy (non-hydrogen) atoms. The third-order valence-corrected chi connectivity index (χ3v) is 5.21. The highest BCUT2D eigenvalue weighted by molar-refractivity contribution is 7.07. The highest BCUT2D eigenvalue weighted by atomic mass is 32.1. The number of aryl methyl sites for hydroxylation is 1. The normalized spacial score (nSPS) is 11.8. The number of hydrogen-bond donors (Lipinski definition) is 1. The lowest BCUT2D eigenvalue weighted by atomic mass is 10.2. The average Bonchev–Trinajstić information content (AvgIpc) is 3.15. The number of aromatic amines is 1. The number of fused-ring (bicyclic) bond motifs is 1. The van der Waals surface area contributed by atoms with Crippen molar-refractivity contribution in [1.29, 1.82) is 0 Å². The molecule has 0 spiro atoms. The van der Waals surface area contributed by atoms with E-state index in [1.165, 1.54) is 17.4 Å². The number of benzene rings is 2. The molecule has 4 aromatic rings. The molecule has 0 bridgehead atoms. The first-order valence-electron chi connectivity index (χ1n) is 9.03. The molecular weight excluding hydrogens is 391 g/mol. The van der Waals surface area contributed by atoms with Crippen molar-refractivity contribution in [1.82, 2.24) is 14.5 Å². The van der Waals surface area contributed by atoms with E-state index < -0.39 is 0 Å². The van der Waals surface area contributed by atoms with Crippen molar-refractivity contribution in [2.45, 2.75) is 19.4 Å². The molecule has 6 nitrogen and oxygen atoms in total. The number of hydrogen-bond acceptors (Lipinski definition) is 4. The van der Waals surface area contributed by atoms with Crippen LogP contribution in [0.5, 0.6) is 0 Å². The smallest absolute Gasteiger partial charge is 0.258 e. The maximum atomic E-state index is 13.9. The zero-order valence-corrected chi connectivity index (χ0v) is 16.2. The molecule has 0 saturated heterocycles. The number of thiazole rings is 1. The Balaban J connectivity index is 1.49. The summed E-state index contributed by atoms with van der Waals surface area (Å²) >= 11 is 1.31. The summed E-state index contributed by atoms with van der Waals surface area (Å²) in [6, 6.07) is 13.6. The topological polar surface area (TPSA) is 80.1 Å². The number of para-hydroxylation sites is 1. The molecule has 0 aliphatic rings. The third kappa shape index (κ3) is 4.38. The second-order valence-corrected chi connectivity index (χ2v) is 7.31. The number of H-pyrrole nitrogens is 1. The summed E-state index contributed by atoms with van der Waals surface area (Å²) in [5, 5.41) is 2.31. The Kier molecular flexibility index (Phi) is 5.44. The average molecular weight is 408 g/mol. The Hall–Kier alpha value is -3.39. The van der Waals surface area contributed by atoms with Gasteiger partial charge in [0, 0.05) is 30.0 Å². The van der Waals surface area contributed by atoms with Crippen LogP contribution in [0.1, 0.15) is 17.8 Å². The molecule has 0 atom stereocenters. The van der Waals surface area contributed by atoms with Gasteiger partial charge in [0.2, 0.25) is 5.91 Å². The maximum Gasteiger partial charge on any atom is 0.258 e. The molecule has 2 aromatic heterocycles. The summed E-state index contributed by atoms with van der Waals surface area (Å²) in [7, 11) is 0. The molecule has 0 aliphatic carbocycles. The van der Waals surface area contributed by atoms with Crippen molar-refractivity contribution in [3.63, 3.8) is 0 Å². The lowest BCUT2D eigenvalue weighted by Gasteiger charge is -2.04. The molecule has 0 radical (unpaired) electrons. The van der Waals surface area contributed by atoms with Gasteiger partial charge in [-0.2, -0.15) is 4.99 Å². The summed E-state index contributed by atoms with van der Waals surface area (Å²) in [6.45, 7) is 0.293. The van der Waals surface area contributed by atoms with E-state index >= 15 is 0 Å². The monoisotopic (exact) mass is 408 g/mol. The van der Waals surface area contributed by atoms with Gasteiger partial charge in [0.1, 0.15) is 11.6 Å². The number of amides is 1. The Labute approximate surface area is 169 Å². The lowest BCUT2D eigenvalue weighted by Crippen LogP contribution is -2.18. The van der Waals surface area contributed by atoms with E-state index in [2.05, 4.69) is 15.0 Å². The minimum atomic E-state index is -0.328. The Morgan fingerprint density at radius 1 is 1.17 bits per heavy atom. The van der Waals surface area contributed by atoms with Crippen LogP contribution >= 0.6 is 11.3 Å². The first kappa shape index (κ1) is 18.9. The summed E-state index contributed by atoms with van der Waals surface area (Å²) in [5.74, 6) is -0.178. The minimum Gasteiger partial charge on any atom is -0.319 e. The van der Waals surface area contributed by atoms with Crippen LogP contribution in [0.4, 0.5) is 4.39 Å². The molecule has 1 amide bonds. The molecule has 0 unspecified atom stereocenters. The van der Waals surface area contributed by atoms with Crippen molar-refractivity contribution < 1.29 is 9.18 Å². The van der Waals surface area contributed by atoms with Crippen LogP contribution < -0.4 is 10.4 Å². The number of aromatic nitrogens is 3.